The molecule has 0 bridgehead atoms. The molecule has 0 aliphatic carbocycles. The lowest BCUT2D eigenvalue weighted by Gasteiger charge is -2.06. The summed E-state index contributed by atoms with van der Waals surface area (Å²) in [7, 11) is 0. The van der Waals surface area contributed by atoms with Crippen LogP contribution in [0.1, 0.15) is 45.4 Å². The van der Waals surface area contributed by atoms with E-state index in [9.17, 15) is 5.11 Å². The van der Waals surface area contributed by atoms with Gasteiger partial charge in [-0.15, -0.1) is 12.3 Å². The number of aliphatic hydroxyl groups excluding tert-OH is 1. The van der Waals surface area contributed by atoms with Crippen molar-refractivity contribution in [3.05, 3.63) is 0 Å². The molecule has 11 heavy (non-hydrogen) atoms. The first kappa shape index (κ1) is 10.5. The van der Waals surface area contributed by atoms with Crippen LogP contribution in [0.15, 0.2) is 0 Å². The van der Waals surface area contributed by atoms with Gasteiger partial charge < -0.3 is 5.11 Å². The van der Waals surface area contributed by atoms with Gasteiger partial charge in [0.1, 0.15) is 0 Å². The highest BCUT2D eigenvalue weighted by molar-refractivity contribution is 4.84. The maximum Gasteiger partial charge on any atom is 0.0549 e. The van der Waals surface area contributed by atoms with E-state index in [4.69, 9.17) is 6.42 Å². The van der Waals surface area contributed by atoms with Crippen LogP contribution in [-0.4, -0.2) is 11.2 Å². The molecule has 1 heteroatoms. The summed E-state index contributed by atoms with van der Waals surface area (Å²) >= 11 is 0. The molecule has 0 heterocycles. The fraction of sp³-hybridized carbons (Fsp3) is 0.800. The Bertz CT molecular complexity index is 113. The van der Waals surface area contributed by atoms with Gasteiger partial charge in [0.25, 0.3) is 0 Å². The smallest absolute Gasteiger partial charge is 0.0549 e. The molecular formula is C10H18O. The summed E-state index contributed by atoms with van der Waals surface area (Å²) in [6.07, 6.45) is 10.8. The van der Waals surface area contributed by atoms with Crippen LogP contribution in [-0.2, 0) is 0 Å². The lowest BCUT2D eigenvalue weighted by Crippen LogP contribution is -2.05. The van der Waals surface area contributed by atoms with Gasteiger partial charge in [-0.25, -0.2) is 0 Å². The predicted molar refractivity (Wildman–Crippen MR) is 48.2 cm³/mol. The summed E-state index contributed by atoms with van der Waals surface area (Å²) in [6, 6.07) is 0. The monoisotopic (exact) mass is 154 g/mol. The summed E-state index contributed by atoms with van der Waals surface area (Å²) in [5.74, 6) is 2.53. The predicted octanol–water partition coefficient (Wildman–Crippen LogP) is 2.34. The summed E-state index contributed by atoms with van der Waals surface area (Å²) < 4.78 is 0. The normalized spacial score (nSPS) is 12.5. The van der Waals surface area contributed by atoms with Gasteiger partial charge in [0.05, 0.1) is 6.10 Å². The molecule has 1 atom stereocenters. The second-order valence-electron chi connectivity index (χ2n) is 2.89. The Morgan fingerprint density at radius 2 is 2.09 bits per heavy atom. The van der Waals surface area contributed by atoms with E-state index in [1.54, 1.807) is 0 Å². The highest BCUT2D eigenvalue weighted by Crippen LogP contribution is 2.07. The second-order valence-corrected chi connectivity index (χ2v) is 2.89. The number of rotatable bonds is 6. The summed E-state index contributed by atoms with van der Waals surface area (Å²) in [5.41, 5.74) is 0. The molecule has 0 spiro atoms. The van der Waals surface area contributed by atoms with E-state index >= 15 is 0 Å². The summed E-state index contributed by atoms with van der Waals surface area (Å²) in [5, 5.41) is 9.31. The van der Waals surface area contributed by atoms with Crippen molar-refractivity contribution in [1.82, 2.24) is 0 Å². The number of hydrogen-bond acceptors (Lipinski definition) is 1. The summed E-state index contributed by atoms with van der Waals surface area (Å²) in [6.45, 7) is 2.16. The van der Waals surface area contributed by atoms with Gasteiger partial charge >= 0.3 is 0 Å². The SMILES string of the molecule is C#CCC[C@H](O)CCCCC. The number of terminal acetylenes is 1. The highest BCUT2D eigenvalue weighted by Gasteiger charge is 2.00. The first-order valence-corrected chi connectivity index (χ1v) is 4.42. The number of hydrogen-bond donors (Lipinski definition) is 1. The van der Waals surface area contributed by atoms with Gasteiger partial charge in [-0.1, -0.05) is 26.2 Å². The molecule has 0 radical (unpaired) electrons. The van der Waals surface area contributed by atoms with Crippen LogP contribution >= 0.6 is 0 Å². The van der Waals surface area contributed by atoms with E-state index in [0.717, 1.165) is 19.3 Å². The Labute approximate surface area is 69.8 Å². The van der Waals surface area contributed by atoms with Gasteiger partial charge in [0.15, 0.2) is 0 Å². The van der Waals surface area contributed by atoms with Crippen molar-refractivity contribution in [2.75, 3.05) is 0 Å². The van der Waals surface area contributed by atoms with Crippen molar-refractivity contribution in [2.24, 2.45) is 0 Å². The molecular weight excluding hydrogens is 136 g/mol. The Morgan fingerprint density at radius 3 is 2.64 bits per heavy atom. The molecule has 0 aliphatic heterocycles. The minimum Gasteiger partial charge on any atom is -0.393 e. The minimum atomic E-state index is -0.169. The van der Waals surface area contributed by atoms with E-state index in [2.05, 4.69) is 12.8 Å². The Balaban J connectivity index is 3.10. The molecule has 0 unspecified atom stereocenters. The van der Waals surface area contributed by atoms with Crippen molar-refractivity contribution in [2.45, 2.75) is 51.6 Å². The zero-order valence-electron chi connectivity index (χ0n) is 7.34. The Kier molecular flexibility index (Phi) is 7.29. The molecule has 0 amide bonds. The van der Waals surface area contributed by atoms with E-state index < -0.39 is 0 Å². The molecule has 0 aliphatic rings. The van der Waals surface area contributed by atoms with Gasteiger partial charge in [0.2, 0.25) is 0 Å². The average molecular weight is 154 g/mol. The second kappa shape index (κ2) is 7.63. The molecule has 0 aromatic heterocycles. The van der Waals surface area contributed by atoms with Crippen molar-refractivity contribution in [1.29, 1.82) is 0 Å². The molecule has 1 nitrogen and oxygen atoms in total. The Morgan fingerprint density at radius 1 is 1.36 bits per heavy atom. The lowest BCUT2D eigenvalue weighted by atomic mass is 10.1. The van der Waals surface area contributed by atoms with Crippen LogP contribution in [0, 0.1) is 12.3 Å². The standard InChI is InChI=1S/C10H18O/c1-3-5-7-9-10(11)8-6-4-2/h2,10-11H,3,5-9H2,1H3/t10-/m0/s1. The maximum absolute atomic E-state index is 9.31. The zero-order valence-corrected chi connectivity index (χ0v) is 7.34. The van der Waals surface area contributed by atoms with Crippen LogP contribution in [0.3, 0.4) is 0 Å². The molecule has 0 rings (SSSR count). The highest BCUT2D eigenvalue weighted by atomic mass is 16.3. The van der Waals surface area contributed by atoms with Crippen LogP contribution in [0.5, 0.6) is 0 Å². The zero-order chi connectivity index (χ0) is 8.53. The van der Waals surface area contributed by atoms with E-state index in [1.807, 2.05) is 0 Å². The molecule has 0 saturated heterocycles. The van der Waals surface area contributed by atoms with Crippen LogP contribution in [0.4, 0.5) is 0 Å². The maximum atomic E-state index is 9.31. The Hall–Kier alpha value is -0.480. The first-order valence-electron chi connectivity index (χ1n) is 4.42. The lowest BCUT2D eigenvalue weighted by molar-refractivity contribution is 0.153. The largest absolute Gasteiger partial charge is 0.393 e. The van der Waals surface area contributed by atoms with E-state index in [1.165, 1.54) is 12.8 Å². The van der Waals surface area contributed by atoms with Crippen LogP contribution < -0.4 is 0 Å². The molecule has 0 saturated carbocycles. The van der Waals surface area contributed by atoms with Crippen LogP contribution in [0.25, 0.3) is 0 Å². The molecule has 1 N–H and O–H groups in total. The van der Waals surface area contributed by atoms with E-state index in [-0.39, 0.29) is 6.10 Å². The fourth-order valence-electron chi connectivity index (χ4n) is 1.02. The summed E-state index contributed by atoms with van der Waals surface area (Å²) in [4.78, 5) is 0. The molecule has 0 aromatic carbocycles. The van der Waals surface area contributed by atoms with Crippen molar-refractivity contribution >= 4 is 0 Å². The molecule has 64 valence electrons. The van der Waals surface area contributed by atoms with Crippen molar-refractivity contribution in [3.8, 4) is 12.3 Å². The van der Waals surface area contributed by atoms with Gasteiger partial charge in [-0.2, -0.15) is 0 Å². The van der Waals surface area contributed by atoms with Crippen molar-refractivity contribution in [3.63, 3.8) is 0 Å². The average Bonchev–Trinajstić information content (AvgIpc) is 2.01. The van der Waals surface area contributed by atoms with Gasteiger partial charge in [-0.3, -0.25) is 0 Å². The quantitative estimate of drug-likeness (QED) is 0.460. The number of aliphatic hydroxyl groups is 1. The third kappa shape index (κ3) is 7.42. The third-order valence-corrected chi connectivity index (χ3v) is 1.76. The third-order valence-electron chi connectivity index (χ3n) is 1.76. The topological polar surface area (TPSA) is 20.2 Å². The molecule has 0 fully saturated rings. The number of unbranched alkanes of at least 4 members (excludes halogenated alkanes) is 2. The van der Waals surface area contributed by atoms with Crippen LogP contribution in [0.2, 0.25) is 0 Å². The van der Waals surface area contributed by atoms with Gasteiger partial charge in [0, 0.05) is 6.42 Å². The fourth-order valence-corrected chi connectivity index (χ4v) is 1.02. The molecule has 0 aromatic rings. The minimum absolute atomic E-state index is 0.169. The van der Waals surface area contributed by atoms with E-state index in [0.29, 0.717) is 6.42 Å². The first-order chi connectivity index (χ1) is 5.31. The van der Waals surface area contributed by atoms with Gasteiger partial charge in [-0.05, 0) is 12.8 Å². The van der Waals surface area contributed by atoms with Crippen molar-refractivity contribution < 1.29 is 5.11 Å².